The molecule has 0 spiro atoms. The Morgan fingerprint density at radius 2 is 2.05 bits per heavy atom. The molecule has 0 bridgehead atoms. The number of nitrogens with two attached hydrogens (primary N) is 1. The van der Waals surface area contributed by atoms with Crippen molar-refractivity contribution in [2.45, 2.75) is 45.3 Å². The van der Waals surface area contributed by atoms with Crippen LogP contribution in [0.15, 0.2) is 18.3 Å². The van der Waals surface area contributed by atoms with Crippen molar-refractivity contribution in [1.29, 1.82) is 0 Å². The van der Waals surface area contributed by atoms with Crippen LogP contribution in [0.2, 0.25) is 0 Å². The Labute approximate surface area is 125 Å². The average Bonchev–Trinajstić information content (AvgIpc) is 2.40. The van der Waals surface area contributed by atoms with Crippen LogP contribution in [0.3, 0.4) is 0 Å². The molecule has 2 rings (SSSR count). The molecule has 0 saturated carbocycles. The van der Waals surface area contributed by atoms with Crippen LogP contribution >= 0.6 is 0 Å². The summed E-state index contributed by atoms with van der Waals surface area (Å²) in [5.74, 6) is 0.819. The third kappa shape index (κ3) is 4.81. The molecule has 0 aliphatic carbocycles. The second-order valence-corrected chi connectivity index (χ2v) is 6.36. The van der Waals surface area contributed by atoms with E-state index in [1.54, 1.807) is 11.1 Å². The number of pyridine rings is 1. The predicted molar refractivity (Wildman–Crippen MR) is 83.1 cm³/mol. The van der Waals surface area contributed by atoms with Gasteiger partial charge in [-0.2, -0.15) is 0 Å². The molecule has 0 aromatic carbocycles. The number of carbonyl (C=O) groups excluding carboxylic acids is 1. The summed E-state index contributed by atoms with van der Waals surface area (Å²) in [4.78, 5) is 18.0. The van der Waals surface area contributed by atoms with Crippen molar-refractivity contribution in [3.63, 3.8) is 0 Å². The van der Waals surface area contributed by atoms with E-state index in [4.69, 9.17) is 10.5 Å². The van der Waals surface area contributed by atoms with Crippen LogP contribution in [-0.2, 0) is 4.74 Å². The number of ether oxygens (including phenoxy) is 1. The molecule has 1 aromatic rings. The van der Waals surface area contributed by atoms with E-state index in [2.05, 4.69) is 10.3 Å². The summed E-state index contributed by atoms with van der Waals surface area (Å²) in [5.41, 5.74) is 5.82. The van der Waals surface area contributed by atoms with Gasteiger partial charge in [-0.05, 0) is 45.7 Å². The van der Waals surface area contributed by atoms with Crippen LogP contribution in [0.4, 0.5) is 16.3 Å². The SMILES string of the molecule is CC(C)(C)OC(=O)N1CCC(Nc2ccc(N)cn2)CC1. The first-order valence-corrected chi connectivity index (χ1v) is 7.29. The number of amides is 1. The molecule has 0 radical (unpaired) electrons. The lowest BCUT2D eigenvalue weighted by molar-refractivity contribution is 0.0210. The van der Waals surface area contributed by atoms with Gasteiger partial charge in [0.05, 0.1) is 11.9 Å². The van der Waals surface area contributed by atoms with Crippen molar-refractivity contribution in [1.82, 2.24) is 9.88 Å². The highest BCUT2D eigenvalue weighted by Gasteiger charge is 2.26. The third-order valence-corrected chi connectivity index (χ3v) is 3.29. The highest BCUT2D eigenvalue weighted by Crippen LogP contribution is 2.18. The minimum atomic E-state index is -0.444. The highest BCUT2D eigenvalue weighted by atomic mass is 16.6. The molecular weight excluding hydrogens is 268 g/mol. The Balaban J connectivity index is 1.80. The normalized spacial score (nSPS) is 16.6. The van der Waals surface area contributed by atoms with Crippen molar-refractivity contribution < 1.29 is 9.53 Å². The Morgan fingerprint density at radius 1 is 1.38 bits per heavy atom. The van der Waals surface area contributed by atoms with Gasteiger partial charge in [0.25, 0.3) is 0 Å². The van der Waals surface area contributed by atoms with E-state index >= 15 is 0 Å². The molecule has 6 heteroatoms. The third-order valence-electron chi connectivity index (χ3n) is 3.29. The fourth-order valence-electron chi connectivity index (χ4n) is 2.23. The van der Waals surface area contributed by atoms with Gasteiger partial charge in [0.15, 0.2) is 0 Å². The van der Waals surface area contributed by atoms with Crippen LogP contribution in [0, 0.1) is 0 Å². The number of nitrogen functional groups attached to an aromatic ring is 1. The van der Waals surface area contributed by atoms with E-state index in [-0.39, 0.29) is 6.09 Å². The fourth-order valence-corrected chi connectivity index (χ4v) is 2.23. The van der Waals surface area contributed by atoms with Crippen LogP contribution in [0.5, 0.6) is 0 Å². The zero-order valence-electron chi connectivity index (χ0n) is 12.9. The number of hydrogen-bond donors (Lipinski definition) is 2. The number of anilines is 2. The Hall–Kier alpha value is -1.98. The van der Waals surface area contributed by atoms with E-state index in [1.807, 2.05) is 32.9 Å². The number of hydrogen-bond acceptors (Lipinski definition) is 5. The standard InChI is InChI=1S/C15H24N4O2/c1-15(2,3)21-14(20)19-8-6-12(7-9-19)18-13-5-4-11(16)10-17-13/h4-5,10,12H,6-9,16H2,1-3H3,(H,17,18). The van der Waals surface area contributed by atoms with E-state index in [0.717, 1.165) is 18.7 Å². The van der Waals surface area contributed by atoms with Gasteiger partial charge in [-0.3, -0.25) is 0 Å². The van der Waals surface area contributed by atoms with Crippen molar-refractivity contribution in [3.8, 4) is 0 Å². The summed E-state index contributed by atoms with van der Waals surface area (Å²) in [6, 6.07) is 4.01. The maximum atomic E-state index is 12.0. The molecule has 0 unspecified atom stereocenters. The number of piperidine rings is 1. The van der Waals surface area contributed by atoms with Gasteiger partial charge in [-0.25, -0.2) is 9.78 Å². The Bertz CT molecular complexity index is 473. The molecule has 1 aliphatic rings. The predicted octanol–water partition coefficient (Wildman–Crippen LogP) is 2.48. The van der Waals surface area contributed by atoms with Crippen LogP contribution < -0.4 is 11.1 Å². The maximum absolute atomic E-state index is 12.0. The first kappa shape index (κ1) is 15.4. The van der Waals surface area contributed by atoms with E-state index in [9.17, 15) is 4.79 Å². The van der Waals surface area contributed by atoms with Gasteiger partial charge in [0, 0.05) is 19.1 Å². The lowest BCUT2D eigenvalue weighted by Gasteiger charge is -2.33. The fraction of sp³-hybridized carbons (Fsp3) is 0.600. The van der Waals surface area contributed by atoms with E-state index < -0.39 is 5.60 Å². The first-order chi connectivity index (χ1) is 9.83. The maximum Gasteiger partial charge on any atom is 0.410 e. The molecular formula is C15H24N4O2. The lowest BCUT2D eigenvalue weighted by atomic mass is 10.1. The average molecular weight is 292 g/mol. The van der Waals surface area contributed by atoms with Crippen molar-refractivity contribution in [2.24, 2.45) is 0 Å². The Morgan fingerprint density at radius 3 is 2.57 bits per heavy atom. The molecule has 6 nitrogen and oxygen atoms in total. The monoisotopic (exact) mass is 292 g/mol. The smallest absolute Gasteiger partial charge is 0.410 e. The van der Waals surface area contributed by atoms with Gasteiger partial charge in [0.1, 0.15) is 11.4 Å². The molecule has 1 saturated heterocycles. The molecule has 1 fully saturated rings. The minimum absolute atomic E-state index is 0.230. The second-order valence-electron chi connectivity index (χ2n) is 6.36. The van der Waals surface area contributed by atoms with Crippen LogP contribution in [0.25, 0.3) is 0 Å². The van der Waals surface area contributed by atoms with E-state index in [0.29, 0.717) is 24.8 Å². The number of nitrogens with zero attached hydrogens (tertiary/aromatic N) is 2. The zero-order chi connectivity index (χ0) is 15.5. The summed E-state index contributed by atoms with van der Waals surface area (Å²) in [6.07, 6.45) is 3.17. The molecule has 3 N–H and O–H groups in total. The highest BCUT2D eigenvalue weighted by molar-refractivity contribution is 5.68. The van der Waals surface area contributed by atoms with Crippen molar-refractivity contribution >= 4 is 17.6 Å². The van der Waals surface area contributed by atoms with Crippen LogP contribution in [-0.4, -0.2) is 40.7 Å². The van der Waals surface area contributed by atoms with E-state index in [1.165, 1.54) is 0 Å². The molecule has 1 aliphatic heterocycles. The first-order valence-electron chi connectivity index (χ1n) is 7.29. The van der Waals surface area contributed by atoms with Gasteiger partial charge in [0.2, 0.25) is 0 Å². The second kappa shape index (κ2) is 6.20. The molecule has 116 valence electrons. The summed E-state index contributed by atoms with van der Waals surface area (Å²) >= 11 is 0. The zero-order valence-corrected chi connectivity index (χ0v) is 12.9. The largest absolute Gasteiger partial charge is 0.444 e. The van der Waals surface area contributed by atoms with Crippen molar-refractivity contribution in [3.05, 3.63) is 18.3 Å². The van der Waals surface area contributed by atoms with Gasteiger partial charge < -0.3 is 20.7 Å². The minimum Gasteiger partial charge on any atom is -0.444 e. The number of nitrogens with one attached hydrogen (secondary N) is 1. The number of aromatic nitrogens is 1. The summed E-state index contributed by atoms with van der Waals surface area (Å²) in [7, 11) is 0. The van der Waals surface area contributed by atoms with Gasteiger partial charge >= 0.3 is 6.09 Å². The van der Waals surface area contributed by atoms with Crippen molar-refractivity contribution in [2.75, 3.05) is 24.1 Å². The molecule has 21 heavy (non-hydrogen) atoms. The molecule has 1 amide bonds. The summed E-state index contributed by atoms with van der Waals surface area (Å²) in [5, 5.41) is 3.37. The number of likely N-dealkylation sites (tertiary alicyclic amines) is 1. The lowest BCUT2D eigenvalue weighted by Crippen LogP contribution is -2.44. The van der Waals surface area contributed by atoms with Gasteiger partial charge in [-0.15, -0.1) is 0 Å². The number of rotatable bonds is 2. The quantitative estimate of drug-likeness (QED) is 0.875. The molecule has 2 heterocycles. The summed E-state index contributed by atoms with van der Waals surface area (Å²) in [6.45, 7) is 7.03. The summed E-state index contributed by atoms with van der Waals surface area (Å²) < 4.78 is 5.38. The Kier molecular flexibility index (Phi) is 4.55. The topological polar surface area (TPSA) is 80.5 Å². The molecule has 1 aromatic heterocycles. The van der Waals surface area contributed by atoms with Gasteiger partial charge in [-0.1, -0.05) is 0 Å². The van der Waals surface area contributed by atoms with Crippen LogP contribution in [0.1, 0.15) is 33.6 Å². The molecule has 0 atom stereocenters. The number of carbonyl (C=O) groups is 1.